The van der Waals surface area contributed by atoms with Crippen LogP contribution in [0.15, 0.2) is 0 Å². The van der Waals surface area contributed by atoms with Crippen LogP contribution in [-0.4, -0.2) is 126 Å². The fourth-order valence-electron chi connectivity index (χ4n) is 5.19. The first kappa shape index (κ1) is 32.8. The summed E-state index contributed by atoms with van der Waals surface area (Å²) in [5.41, 5.74) is -4.17. The number of carboxylic acids is 2. The molecule has 8 N–H and O–H groups in total. The normalized spacial score (nSPS) is 40.9. The molecule has 0 amide bonds. The Labute approximate surface area is 220 Å². The first-order valence-corrected chi connectivity index (χ1v) is 12.4. The van der Waals surface area contributed by atoms with Crippen LogP contribution in [0, 0.1) is 17.8 Å². The van der Waals surface area contributed by atoms with Gasteiger partial charge in [0.05, 0.1) is 36.6 Å². The van der Waals surface area contributed by atoms with Gasteiger partial charge in [0.15, 0.2) is 0 Å². The van der Waals surface area contributed by atoms with Crippen LogP contribution in [0.4, 0.5) is 0 Å². The Morgan fingerprint density at radius 3 is 1.71 bits per heavy atom. The quantitative estimate of drug-likeness (QED) is 0.142. The first-order valence-electron chi connectivity index (χ1n) is 12.4. The third-order valence-corrected chi connectivity index (χ3v) is 8.31. The van der Waals surface area contributed by atoms with Crippen molar-refractivity contribution in [2.24, 2.45) is 17.8 Å². The molecule has 0 aromatic carbocycles. The van der Waals surface area contributed by atoms with Crippen LogP contribution in [0.1, 0.15) is 47.5 Å². The van der Waals surface area contributed by atoms with Gasteiger partial charge in [0.1, 0.15) is 11.7 Å². The number of hydrogen-bond acceptors (Lipinski definition) is 12. The molecule has 2 aliphatic heterocycles. The van der Waals surface area contributed by atoms with Crippen LogP contribution >= 0.6 is 0 Å². The summed E-state index contributed by atoms with van der Waals surface area (Å²) in [6, 6.07) is 0. The van der Waals surface area contributed by atoms with E-state index in [1.165, 1.54) is 27.7 Å². The molecule has 2 fully saturated rings. The van der Waals surface area contributed by atoms with Crippen molar-refractivity contribution in [3.05, 3.63) is 0 Å². The smallest absolute Gasteiger partial charge is 0.364 e. The fraction of sp³-hybridized carbons (Fsp3) is 0.917. The lowest BCUT2D eigenvalue weighted by Gasteiger charge is -2.53. The highest BCUT2D eigenvalue weighted by atomic mass is 16.7. The van der Waals surface area contributed by atoms with E-state index in [2.05, 4.69) is 0 Å². The molecule has 0 aromatic heterocycles. The van der Waals surface area contributed by atoms with Crippen LogP contribution in [0.2, 0.25) is 0 Å². The summed E-state index contributed by atoms with van der Waals surface area (Å²) in [5, 5.41) is 83.6. The minimum Gasteiger partial charge on any atom is -0.477 e. The molecule has 0 saturated carbocycles. The number of aliphatic hydroxyl groups excluding tert-OH is 4. The lowest BCUT2D eigenvalue weighted by Crippen LogP contribution is -2.69. The molecule has 0 aromatic rings. The number of aliphatic hydroxyl groups is 6. The van der Waals surface area contributed by atoms with Gasteiger partial charge >= 0.3 is 11.9 Å². The lowest BCUT2D eigenvalue weighted by molar-refractivity contribution is -0.369. The molecule has 0 radical (unpaired) electrons. The maximum atomic E-state index is 12.5. The predicted octanol–water partition coefficient (Wildman–Crippen LogP) is -1.73. The molecule has 38 heavy (non-hydrogen) atoms. The van der Waals surface area contributed by atoms with E-state index >= 15 is 0 Å². The van der Waals surface area contributed by atoms with E-state index in [4.69, 9.17) is 18.9 Å². The average Bonchev–Trinajstić information content (AvgIpc) is 2.84. The average molecular weight is 555 g/mol. The molecular formula is C24H42O14. The number of carboxylic acid groups (broad SMARTS) is 2. The minimum atomic E-state index is -2.69. The van der Waals surface area contributed by atoms with Crippen molar-refractivity contribution in [2.75, 3.05) is 20.3 Å². The highest BCUT2D eigenvalue weighted by Gasteiger charge is 2.62. The Morgan fingerprint density at radius 1 is 0.895 bits per heavy atom. The van der Waals surface area contributed by atoms with E-state index in [0.29, 0.717) is 0 Å². The van der Waals surface area contributed by atoms with Gasteiger partial charge in [-0.15, -0.1) is 0 Å². The van der Waals surface area contributed by atoms with E-state index in [1.54, 1.807) is 0 Å². The Morgan fingerprint density at radius 2 is 1.32 bits per heavy atom. The van der Waals surface area contributed by atoms with Gasteiger partial charge in [-0.3, -0.25) is 0 Å². The SMILES string of the molecule is CO[C@]1(C(=O)O)C[C@@H](O)[C@@H](C)C(C(C)(O)C(CO)O[C@]2(C(=O)O)C[C@@H](O)[C@@H](C)C(C(C)(O)C(C)CO)O2)O1. The van der Waals surface area contributed by atoms with Crippen LogP contribution < -0.4 is 0 Å². The maximum Gasteiger partial charge on any atom is 0.364 e. The van der Waals surface area contributed by atoms with E-state index in [9.17, 15) is 50.4 Å². The molecule has 6 unspecified atom stereocenters. The third kappa shape index (κ3) is 5.70. The summed E-state index contributed by atoms with van der Waals surface area (Å²) in [4.78, 5) is 24.4. The fourth-order valence-corrected chi connectivity index (χ4v) is 5.19. The number of hydrogen-bond donors (Lipinski definition) is 8. The zero-order valence-electron chi connectivity index (χ0n) is 22.5. The lowest BCUT2D eigenvalue weighted by atomic mass is 9.75. The van der Waals surface area contributed by atoms with Crippen LogP contribution in [-0.2, 0) is 28.5 Å². The van der Waals surface area contributed by atoms with Crippen LogP contribution in [0.3, 0.4) is 0 Å². The first-order chi connectivity index (χ1) is 17.4. The number of aliphatic carboxylic acids is 2. The molecule has 2 aliphatic rings. The number of methoxy groups -OCH3 is 1. The van der Waals surface area contributed by atoms with Gasteiger partial charge in [0.25, 0.3) is 11.6 Å². The van der Waals surface area contributed by atoms with Gasteiger partial charge in [-0.25, -0.2) is 9.59 Å². The molecule has 0 aliphatic carbocycles. The van der Waals surface area contributed by atoms with Gasteiger partial charge in [0, 0.05) is 44.3 Å². The van der Waals surface area contributed by atoms with E-state index in [-0.39, 0.29) is 0 Å². The van der Waals surface area contributed by atoms with Gasteiger partial charge in [-0.2, -0.15) is 0 Å². The van der Waals surface area contributed by atoms with Crippen molar-refractivity contribution in [1.82, 2.24) is 0 Å². The summed E-state index contributed by atoms with van der Waals surface area (Å²) in [6.07, 6.45) is -8.58. The standard InChI is InChI=1S/C24H42O14/c1-11(9-25)21(4,33)17-12(2)15(28)8-24(38-17,20(31)32)36-16(10-26)22(5,34)18-13(3)14(27)7-23(35-6,37-18)19(29)30/h11-18,25-28,33-34H,7-10H2,1-6H3,(H,29,30)(H,31,32)/t11?,12-,13-,14-,15-,16?,17?,18?,21?,22?,23-,24-/m1/s1. The molecule has 2 rings (SSSR count). The third-order valence-electron chi connectivity index (χ3n) is 8.31. The molecular weight excluding hydrogens is 512 g/mol. The molecule has 0 spiro atoms. The molecule has 14 nitrogen and oxygen atoms in total. The summed E-state index contributed by atoms with van der Waals surface area (Å²) < 4.78 is 22.1. The summed E-state index contributed by atoms with van der Waals surface area (Å²) in [7, 11) is 1.04. The molecule has 0 bridgehead atoms. The Balaban J connectivity index is 2.50. The summed E-state index contributed by atoms with van der Waals surface area (Å²) in [6.45, 7) is 5.41. The van der Waals surface area contributed by atoms with Crippen molar-refractivity contribution < 1.29 is 69.4 Å². The largest absolute Gasteiger partial charge is 0.477 e. The summed E-state index contributed by atoms with van der Waals surface area (Å²) in [5.74, 6) is -10.9. The van der Waals surface area contributed by atoms with Crippen molar-refractivity contribution in [3.8, 4) is 0 Å². The van der Waals surface area contributed by atoms with Gasteiger partial charge in [-0.05, 0) is 13.8 Å². The monoisotopic (exact) mass is 554 g/mol. The van der Waals surface area contributed by atoms with Crippen LogP contribution in [0.5, 0.6) is 0 Å². The minimum absolute atomic E-state index is 0.469. The molecule has 222 valence electrons. The van der Waals surface area contributed by atoms with Crippen molar-refractivity contribution in [3.63, 3.8) is 0 Å². The highest BCUT2D eigenvalue weighted by molar-refractivity contribution is 5.76. The summed E-state index contributed by atoms with van der Waals surface area (Å²) >= 11 is 0. The second kappa shape index (κ2) is 11.6. The van der Waals surface area contributed by atoms with E-state index in [0.717, 1.165) is 14.0 Å². The number of carbonyl (C=O) groups is 2. The van der Waals surface area contributed by atoms with Gasteiger partial charge < -0.3 is 59.8 Å². The van der Waals surface area contributed by atoms with Gasteiger partial charge in [-0.1, -0.05) is 20.8 Å². The molecule has 2 heterocycles. The molecule has 2 saturated heterocycles. The van der Waals surface area contributed by atoms with E-state index < -0.39 is 109 Å². The molecule has 12 atom stereocenters. The number of rotatable bonds is 11. The Bertz CT molecular complexity index is 848. The second-order valence-corrected chi connectivity index (χ2v) is 11.0. The van der Waals surface area contributed by atoms with Crippen LogP contribution in [0.25, 0.3) is 0 Å². The topological polar surface area (TPSA) is 233 Å². The van der Waals surface area contributed by atoms with Crippen molar-refractivity contribution >= 4 is 11.9 Å². The Kier molecular flexibility index (Phi) is 9.97. The van der Waals surface area contributed by atoms with Gasteiger partial charge in [0.2, 0.25) is 0 Å². The number of ether oxygens (including phenoxy) is 4. The predicted molar refractivity (Wildman–Crippen MR) is 127 cm³/mol. The maximum absolute atomic E-state index is 12.5. The Hall–Kier alpha value is -1.46. The highest BCUT2D eigenvalue weighted by Crippen LogP contribution is 2.44. The zero-order chi connectivity index (χ0) is 29.4. The van der Waals surface area contributed by atoms with E-state index in [1.807, 2.05) is 0 Å². The van der Waals surface area contributed by atoms with Crippen molar-refractivity contribution in [1.29, 1.82) is 0 Å². The van der Waals surface area contributed by atoms with Crippen molar-refractivity contribution in [2.45, 2.75) is 101 Å². The molecule has 14 heteroatoms. The zero-order valence-corrected chi connectivity index (χ0v) is 22.5. The second-order valence-electron chi connectivity index (χ2n) is 11.0.